The van der Waals surface area contributed by atoms with Gasteiger partial charge in [-0.3, -0.25) is 14.9 Å². The molecule has 2 aromatic rings. The summed E-state index contributed by atoms with van der Waals surface area (Å²) in [5.74, 6) is -0.276. The summed E-state index contributed by atoms with van der Waals surface area (Å²) in [6.45, 7) is 1.50. The van der Waals surface area contributed by atoms with E-state index in [1.165, 1.54) is 18.3 Å². The predicted octanol–water partition coefficient (Wildman–Crippen LogP) is 3.08. The van der Waals surface area contributed by atoms with Crippen molar-refractivity contribution in [3.63, 3.8) is 0 Å². The number of thiophene rings is 1. The number of rotatable bonds is 3. The van der Waals surface area contributed by atoms with Gasteiger partial charge in [-0.1, -0.05) is 18.2 Å². The second-order valence-electron chi connectivity index (χ2n) is 4.02. The summed E-state index contributed by atoms with van der Waals surface area (Å²) in [5.41, 5.74) is 1.25. The minimum absolute atomic E-state index is 0.0258. The predicted molar refractivity (Wildman–Crippen MR) is 84.5 cm³/mol. The van der Waals surface area contributed by atoms with Gasteiger partial charge in [0.15, 0.2) is 10.9 Å². The highest BCUT2D eigenvalue weighted by atomic mass is 32.1. The number of hydrogen-bond acceptors (Lipinski definition) is 4. The number of carbonyl (C=O) groups is 2. The third-order valence-corrected chi connectivity index (χ3v) is 3.57. The average molecular weight is 304 g/mol. The topological polar surface area (TPSA) is 58.2 Å². The SMILES string of the molecule is CC(=O)c1cccc(NC(=S)NC(=O)c2cccs2)c1. The van der Waals surface area contributed by atoms with Crippen molar-refractivity contribution >= 4 is 46.0 Å². The number of ketones is 1. The second kappa shape index (κ2) is 6.40. The smallest absolute Gasteiger partial charge is 0.267 e. The lowest BCUT2D eigenvalue weighted by molar-refractivity contribution is 0.0979. The number of carbonyl (C=O) groups excluding carboxylic acids is 2. The molecular weight excluding hydrogens is 292 g/mol. The molecule has 0 bridgehead atoms. The highest BCUT2D eigenvalue weighted by Crippen LogP contribution is 2.12. The van der Waals surface area contributed by atoms with Crippen LogP contribution in [0.25, 0.3) is 0 Å². The zero-order chi connectivity index (χ0) is 14.5. The van der Waals surface area contributed by atoms with Crippen molar-refractivity contribution in [3.05, 3.63) is 52.2 Å². The minimum Gasteiger partial charge on any atom is -0.332 e. The molecule has 0 fully saturated rings. The van der Waals surface area contributed by atoms with Crippen molar-refractivity contribution in [2.24, 2.45) is 0 Å². The molecule has 1 amide bonds. The highest BCUT2D eigenvalue weighted by Gasteiger charge is 2.09. The first-order valence-electron chi connectivity index (χ1n) is 5.83. The molecule has 0 aliphatic heterocycles. The standard InChI is InChI=1S/C14H12N2O2S2/c1-9(17)10-4-2-5-11(8-10)15-14(19)16-13(18)12-6-3-7-20-12/h2-8H,1H3,(H2,15,16,18,19). The Morgan fingerprint density at radius 3 is 2.65 bits per heavy atom. The van der Waals surface area contributed by atoms with E-state index in [0.717, 1.165) is 0 Å². The molecule has 2 rings (SSSR count). The molecule has 0 unspecified atom stereocenters. The summed E-state index contributed by atoms with van der Waals surface area (Å²) in [7, 11) is 0. The quantitative estimate of drug-likeness (QED) is 0.676. The van der Waals surface area contributed by atoms with Crippen LogP contribution in [0.2, 0.25) is 0 Å². The van der Waals surface area contributed by atoms with Gasteiger partial charge < -0.3 is 5.32 Å². The normalized spacial score (nSPS) is 9.85. The fraction of sp³-hybridized carbons (Fsp3) is 0.0714. The summed E-state index contributed by atoms with van der Waals surface area (Å²) in [4.78, 5) is 23.7. The third kappa shape index (κ3) is 3.72. The molecule has 6 heteroatoms. The Kier molecular flexibility index (Phi) is 4.60. The molecule has 0 saturated heterocycles. The molecule has 0 saturated carbocycles. The van der Waals surface area contributed by atoms with Gasteiger partial charge in [0.25, 0.3) is 5.91 Å². The van der Waals surface area contributed by atoms with Crippen LogP contribution >= 0.6 is 23.6 Å². The number of amides is 1. The van der Waals surface area contributed by atoms with Crippen molar-refractivity contribution < 1.29 is 9.59 Å². The molecular formula is C14H12N2O2S2. The molecule has 2 N–H and O–H groups in total. The van der Waals surface area contributed by atoms with Crippen molar-refractivity contribution in [2.45, 2.75) is 6.92 Å². The molecule has 4 nitrogen and oxygen atoms in total. The molecule has 0 aliphatic carbocycles. The van der Waals surface area contributed by atoms with Gasteiger partial charge in [0, 0.05) is 11.3 Å². The number of hydrogen-bond donors (Lipinski definition) is 2. The van der Waals surface area contributed by atoms with Gasteiger partial charge in [-0.05, 0) is 42.7 Å². The van der Waals surface area contributed by atoms with Crippen molar-refractivity contribution in [3.8, 4) is 0 Å². The Morgan fingerprint density at radius 1 is 1.20 bits per heavy atom. The van der Waals surface area contributed by atoms with E-state index in [-0.39, 0.29) is 16.8 Å². The number of nitrogens with one attached hydrogen (secondary N) is 2. The van der Waals surface area contributed by atoms with Crippen molar-refractivity contribution in [1.82, 2.24) is 5.32 Å². The third-order valence-electron chi connectivity index (χ3n) is 2.50. The van der Waals surface area contributed by atoms with Gasteiger partial charge in [-0.2, -0.15) is 0 Å². The van der Waals surface area contributed by atoms with E-state index in [9.17, 15) is 9.59 Å². The Morgan fingerprint density at radius 2 is 2.00 bits per heavy atom. The van der Waals surface area contributed by atoms with E-state index < -0.39 is 0 Å². The van der Waals surface area contributed by atoms with E-state index in [2.05, 4.69) is 10.6 Å². The van der Waals surface area contributed by atoms with Crippen molar-refractivity contribution in [1.29, 1.82) is 0 Å². The minimum atomic E-state index is -0.250. The van der Waals surface area contributed by atoms with Crippen LogP contribution in [-0.2, 0) is 0 Å². The molecule has 0 atom stereocenters. The molecule has 0 spiro atoms. The number of benzene rings is 1. The van der Waals surface area contributed by atoms with Crippen molar-refractivity contribution in [2.75, 3.05) is 5.32 Å². The number of anilines is 1. The maximum atomic E-state index is 11.8. The average Bonchev–Trinajstić information content (AvgIpc) is 2.92. The largest absolute Gasteiger partial charge is 0.332 e. The lowest BCUT2D eigenvalue weighted by atomic mass is 10.1. The van der Waals surface area contributed by atoms with E-state index >= 15 is 0 Å². The summed E-state index contributed by atoms with van der Waals surface area (Å²) < 4.78 is 0. The van der Waals surface area contributed by atoms with E-state index in [0.29, 0.717) is 16.1 Å². The lowest BCUT2D eigenvalue weighted by Gasteiger charge is -2.09. The fourth-order valence-electron chi connectivity index (χ4n) is 1.55. The Hall–Kier alpha value is -2.05. The lowest BCUT2D eigenvalue weighted by Crippen LogP contribution is -2.33. The van der Waals surface area contributed by atoms with Crippen LogP contribution in [-0.4, -0.2) is 16.8 Å². The van der Waals surface area contributed by atoms with Gasteiger partial charge in [-0.15, -0.1) is 11.3 Å². The van der Waals surface area contributed by atoms with Crippen LogP contribution < -0.4 is 10.6 Å². The van der Waals surface area contributed by atoms with Crippen LogP contribution in [0.5, 0.6) is 0 Å². The first kappa shape index (κ1) is 14.4. The molecule has 102 valence electrons. The molecule has 1 aromatic heterocycles. The maximum Gasteiger partial charge on any atom is 0.267 e. The second-order valence-corrected chi connectivity index (χ2v) is 5.38. The summed E-state index contributed by atoms with van der Waals surface area (Å²) in [6.07, 6.45) is 0. The summed E-state index contributed by atoms with van der Waals surface area (Å²) in [5, 5.41) is 7.49. The van der Waals surface area contributed by atoms with Crippen LogP contribution in [0.4, 0.5) is 5.69 Å². The van der Waals surface area contributed by atoms with Crippen LogP contribution in [0.15, 0.2) is 41.8 Å². The van der Waals surface area contributed by atoms with Crippen LogP contribution in [0.1, 0.15) is 27.0 Å². The monoisotopic (exact) mass is 304 g/mol. The molecule has 20 heavy (non-hydrogen) atoms. The van der Waals surface area contributed by atoms with Gasteiger partial charge >= 0.3 is 0 Å². The number of Topliss-reactive ketones (excluding diaryl/α,β-unsaturated/α-hetero) is 1. The van der Waals surface area contributed by atoms with Gasteiger partial charge in [0.1, 0.15) is 0 Å². The molecule has 1 heterocycles. The Bertz CT molecular complexity index is 651. The maximum absolute atomic E-state index is 11.8. The van der Waals surface area contributed by atoms with Gasteiger partial charge in [-0.25, -0.2) is 0 Å². The molecule has 0 aliphatic rings. The zero-order valence-corrected chi connectivity index (χ0v) is 12.3. The van der Waals surface area contributed by atoms with Gasteiger partial charge in [0.05, 0.1) is 4.88 Å². The first-order valence-corrected chi connectivity index (χ1v) is 7.12. The first-order chi connectivity index (χ1) is 9.56. The van der Waals surface area contributed by atoms with Crippen LogP contribution in [0, 0.1) is 0 Å². The van der Waals surface area contributed by atoms with E-state index in [1.807, 2.05) is 5.38 Å². The number of thiocarbonyl (C=S) groups is 1. The van der Waals surface area contributed by atoms with Crippen LogP contribution in [0.3, 0.4) is 0 Å². The summed E-state index contributed by atoms with van der Waals surface area (Å²) in [6, 6.07) is 10.5. The fourth-order valence-corrected chi connectivity index (χ4v) is 2.38. The van der Waals surface area contributed by atoms with E-state index in [1.54, 1.807) is 36.4 Å². The zero-order valence-electron chi connectivity index (χ0n) is 10.7. The van der Waals surface area contributed by atoms with Gasteiger partial charge in [0.2, 0.25) is 0 Å². The van der Waals surface area contributed by atoms with E-state index in [4.69, 9.17) is 12.2 Å². The molecule has 0 radical (unpaired) electrons. The molecule has 1 aromatic carbocycles. The highest BCUT2D eigenvalue weighted by molar-refractivity contribution is 7.80. The Balaban J connectivity index is 1.99. The Labute approximate surface area is 125 Å². The summed E-state index contributed by atoms with van der Waals surface area (Å²) >= 11 is 6.41.